The van der Waals surface area contributed by atoms with Crippen LogP contribution in [0.25, 0.3) is 0 Å². The first-order chi connectivity index (χ1) is 32.3. The van der Waals surface area contributed by atoms with Gasteiger partial charge in [0.15, 0.2) is 18.9 Å². The van der Waals surface area contributed by atoms with Gasteiger partial charge in [-0.3, -0.25) is 4.79 Å². The molecule has 3 rings (SSSR count). The summed E-state index contributed by atoms with van der Waals surface area (Å²) < 4.78 is 34.0. The van der Waals surface area contributed by atoms with Crippen molar-refractivity contribution in [2.45, 2.75) is 272 Å². The Morgan fingerprint density at radius 1 is 0.478 bits per heavy atom. The lowest BCUT2D eigenvalue weighted by molar-refractivity contribution is -0.379. The number of aliphatic hydroxyl groups excluding tert-OH is 11. The molecule has 3 aliphatic heterocycles. The van der Waals surface area contributed by atoms with Gasteiger partial charge < -0.3 is 89.9 Å². The van der Waals surface area contributed by atoms with E-state index >= 15 is 0 Å². The van der Waals surface area contributed by atoms with Crippen molar-refractivity contribution in [2.75, 3.05) is 26.4 Å². The van der Waals surface area contributed by atoms with E-state index in [1.54, 1.807) is 0 Å². The lowest BCUT2D eigenvalue weighted by Gasteiger charge is -2.48. The first kappa shape index (κ1) is 60.1. The molecule has 0 aromatic carbocycles. The van der Waals surface area contributed by atoms with Gasteiger partial charge in [-0.2, -0.15) is 0 Å². The van der Waals surface area contributed by atoms with E-state index in [4.69, 9.17) is 28.4 Å². The molecule has 1 amide bonds. The summed E-state index contributed by atoms with van der Waals surface area (Å²) in [6.45, 7) is 1.63. The van der Waals surface area contributed by atoms with Gasteiger partial charge in [-0.15, -0.1) is 0 Å². The van der Waals surface area contributed by atoms with Crippen molar-refractivity contribution in [1.29, 1.82) is 0 Å². The molecular formula is C48H91NO18. The van der Waals surface area contributed by atoms with Gasteiger partial charge in [0.25, 0.3) is 0 Å². The molecule has 0 aromatic rings. The maximum Gasteiger partial charge on any atom is 0.220 e. The van der Waals surface area contributed by atoms with Crippen LogP contribution in [0, 0.1) is 0 Å². The number of ether oxygens (including phenoxy) is 6. The summed E-state index contributed by atoms with van der Waals surface area (Å²) in [7, 11) is 0. The van der Waals surface area contributed by atoms with Gasteiger partial charge in [0.2, 0.25) is 5.91 Å². The average Bonchev–Trinajstić information content (AvgIpc) is 3.32. The number of hydrogen-bond acceptors (Lipinski definition) is 18. The van der Waals surface area contributed by atoms with Gasteiger partial charge in [-0.25, -0.2) is 0 Å². The molecule has 12 N–H and O–H groups in total. The molecule has 17 unspecified atom stereocenters. The third-order valence-electron chi connectivity index (χ3n) is 13.4. The van der Waals surface area contributed by atoms with Crippen LogP contribution >= 0.6 is 0 Å². The number of amides is 1. The Kier molecular flexibility index (Phi) is 30.7. The molecule has 19 heteroatoms. The highest BCUT2D eigenvalue weighted by Crippen LogP contribution is 2.33. The zero-order valence-electron chi connectivity index (χ0n) is 40.4. The molecule has 0 spiro atoms. The van der Waals surface area contributed by atoms with Gasteiger partial charge in [-0.1, -0.05) is 149 Å². The van der Waals surface area contributed by atoms with E-state index in [-0.39, 0.29) is 18.9 Å². The Morgan fingerprint density at radius 2 is 0.851 bits per heavy atom. The van der Waals surface area contributed by atoms with Gasteiger partial charge in [0, 0.05) is 6.42 Å². The van der Waals surface area contributed by atoms with Crippen LogP contribution in [-0.2, 0) is 33.2 Å². The topological polar surface area (TPSA) is 307 Å². The Morgan fingerprint density at radius 3 is 1.30 bits per heavy atom. The first-order valence-corrected chi connectivity index (χ1v) is 25.8. The van der Waals surface area contributed by atoms with Gasteiger partial charge in [0.05, 0.1) is 38.6 Å². The minimum absolute atomic E-state index is 0.250. The van der Waals surface area contributed by atoms with Crippen LogP contribution in [0.15, 0.2) is 0 Å². The number of nitrogens with one attached hydrogen (secondary N) is 1. The number of aliphatic hydroxyl groups is 11. The molecule has 0 bridgehead atoms. The number of carbonyl (C=O) groups is 1. The minimum atomic E-state index is -1.97. The molecule has 0 aromatic heterocycles. The smallest absolute Gasteiger partial charge is 0.220 e. The standard InChI is InChI=1S/C48H91NO18/c1-3-5-7-9-10-11-12-13-14-15-16-17-18-19-20-21-22-24-26-36(54)49-31(32(53)25-23-8-6-4-2)30-62-46-42(60)39(57)44(34(28-51)64-46)67-48-43(61)40(58)45(35(29-52)65-48)66-47-41(59)38(56)37(55)33(27-50)63-47/h31-35,37-48,50-53,55-61H,3-30H2,1-2H3,(H,49,54). The Labute approximate surface area is 398 Å². The molecule has 67 heavy (non-hydrogen) atoms. The summed E-state index contributed by atoms with van der Waals surface area (Å²) >= 11 is 0. The second-order valence-electron chi connectivity index (χ2n) is 19.0. The van der Waals surface area contributed by atoms with Crippen LogP contribution < -0.4 is 5.32 Å². The molecule has 3 heterocycles. The molecule has 3 fully saturated rings. The van der Waals surface area contributed by atoms with Crippen molar-refractivity contribution in [3.05, 3.63) is 0 Å². The molecule has 0 saturated carbocycles. The number of unbranched alkanes of at least 4 members (excludes halogenated alkanes) is 20. The quantitative estimate of drug-likeness (QED) is 0.0398. The minimum Gasteiger partial charge on any atom is -0.394 e. The fraction of sp³-hybridized carbons (Fsp3) is 0.979. The highest BCUT2D eigenvalue weighted by atomic mass is 16.8. The maximum atomic E-state index is 13.1. The van der Waals surface area contributed by atoms with E-state index < -0.39 is 124 Å². The van der Waals surface area contributed by atoms with Crippen LogP contribution in [0.2, 0.25) is 0 Å². The largest absolute Gasteiger partial charge is 0.394 e. The van der Waals surface area contributed by atoms with Crippen molar-refractivity contribution in [3.8, 4) is 0 Å². The highest BCUT2D eigenvalue weighted by Gasteiger charge is 2.53. The van der Waals surface area contributed by atoms with E-state index in [0.717, 1.165) is 44.9 Å². The Bertz CT molecular complexity index is 1250. The van der Waals surface area contributed by atoms with E-state index in [9.17, 15) is 61.0 Å². The van der Waals surface area contributed by atoms with Crippen LogP contribution in [0.3, 0.4) is 0 Å². The fourth-order valence-corrected chi connectivity index (χ4v) is 9.08. The maximum absolute atomic E-state index is 13.1. The van der Waals surface area contributed by atoms with Crippen molar-refractivity contribution in [2.24, 2.45) is 0 Å². The highest BCUT2D eigenvalue weighted by molar-refractivity contribution is 5.76. The van der Waals surface area contributed by atoms with Crippen LogP contribution in [0.4, 0.5) is 0 Å². The van der Waals surface area contributed by atoms with Gasteiger partial charge in [-0.05, 0) is 12.8 Å². The SMILES string of the molecule is CCCCCCCCCCCCCCCCCCCCC(=O)NC(COC1OC(CO)C(OC2OC(CO)C(OC3OC(CO)C(O)C(O)C3O)C(O)C2O)C(O)C1O)C(O)CCCCCC. The Balaban J connectivity index is 1.45. The first-order valence-electron chi connectivity index (χ1n) is 25.8. The van der Waals surface area contributed by atoms with Gasteiger partial charge in [0.1, 0.15) is 73.2 Å². The van der Waals surface area contributed by atoms with Gasteiger partial charge >= 0.3 is 0 Å². The lowest BCUT2D eigenvalue weighted by Crippen LogP contribution is -2.66. The summed E-state index contributed by atoms with van der Waals surface area (Å²) in [5, 5.41) is 119. The van der Waals surface area contributed by atoms with E-state index in [0.29, 0.717) is 12.8 Å². The molecular weight excluding hydrogens is 879 g/mol. The van der Waals surface area contributed by atoms with Crippen molar-refractivity contribution in [3.63, 3.8) is 0 Å². The number of hydrogen-bond donors (Lipinski definition) is 12. The summed E-state index contributed by atoms with van der Waals surface area (Å²) in [6, 6.07) is -0.875. The van der Waals surface area contributed by atoms with E-state index in [1.165, 1.54) is 89.9 Å². The van der Waals surface area contributed by atoms with Crippen LogP contribution in [0.5, 0.6) is 0 Å². The zero-order chi connectivity index (χ0) is 49.1. The molecule has 0 aliphatic carbocycles. The van der Waals surface area contributed by atoms with Crippen LogP contribution in [0.1, 0.15) is 168 Å². The molecule has 17 atom stereocenters. The molecule has 3 aliphatic rings. The predicted octanol–water partition coefficient (Wildman–Crippen LogP) is 1.70. The lowest BCUT2D eigenvalue weighted by atomic mass is 9.96. The van der Waals surface area contributed by atoms with E-state index in [2.05, 4.69) is 19.2 Å². The van der Waals surface area contributed by atoms with Crippen molar-refractivity contribution >= 4 is 5.91 Å². The summed E-state index contributed by atoms with van der Waals surface area (Å²) in [4.78, 5) is 13.1. The van der Waals surface area contributed by atoms with Crippen LogP contribution in [-0.4, -0.2) is 193 Å². The number of carbonyl (C=O) groups excluding carboxylic acids is 1. The monoisotopic (exact) mass is 970 g/mol. The molecule has 396 valence electrons. The third-order valence-corrected chi connectivity index (χ3v) is 13.4. The number of rotatable bonds is 36. The summed E-state index contributed by atoms with van der Waals surface area (Å²) in [6.07, 6.45) is 0.171. The van der Waals surface area contributed by atoms with Crippen molar-refractivity contribution < 1.29 is 89.4 Å². The normalized spacial score (nSPS) is 33.4. The molecule has 3 saturated heterocycles. The second-order valence-corrected chi connectivity index (χ2v) is 19.0. The van der Waals surface area contributed by atoms with Crippen molar-refractivity contribution in [1.82, 2.24) is 5.32 Å². The molecule has 19 nitrogen and oxygen atoms in total. The zero-order valence-corrected chi connectivity index (χ0v) is 40.4. The Hall–Kier alpha value is -1.21. The third kappa shape index (κ3) is 20.4. The summed E-state index contributed by atoms with van der Waals surface area (Å²) in [5.74, 6) is -0.250. The summed E-state index contributed by atoms with van der Waals surface area (Å²) in [5.41, 5.74) is 0. The second kappa shape index (κ2) is 34.2. The predicted molar refractivity (Wildman–Crippen MR) is 245 cm³/mol. The fourth-order valence-electron chi connectivity index (χ4n) is 9.08. The molecule has 0 radical (unpaired) electrons. The van der Waals surface area contributed by atoms with E-state index in [1.807, 2.05) is 0 Å². The average molecular weight is 970 g/mol.